The number of hydrogen-bond acceptors (Lipinski definition) is 7. The van der Waals surface area contributed by atoms with Crippen LogP contribution in [0.5, 0.6) is 5.88 Å². The maximum Gasteiger partial charge on any atom is 0.417 e. The number of esters is 1. The number of halogens is 3. The first-order chi connectivity index (χ1) is 21.2. The summed E-state index contributed by atoms with van der Waals surface area (Å²) in [5, 5.41) is 0. The molecule has 45 heavy (non-hydrogen) atoms. The summed E-state index contributed by atoms with van der Waals surface area (Å²) in [5.74, 6) is -1.42. The second-order valence-electron chi connectivity index (χ2n) is 13.1. The number of rotatable bonds is 9. The molecule has 0 bridgehead atoms. The average Bonchev–Trinajstić information content (AvgIpc) is 3.35. The van der Waals surface area contributed by atoms with E-state index in [4.69, 9.17) is 18.9 Å². The minimum Gasteiger partial charge on any atom is -0.481 e. The molecule has 2 aliphatic heterocycles. The third-order valence-corrected chi connectivity index (χ3v) is 8.66. The SMILES string of the molecule is CCOC(=O)[C@@H]1[C@@H](C(C)(C)C)[C@H](OCc2cc(C(F)(F)F)cnc2OC)[C@H](c2ccccc2C(C)C)N1C(=O)[C@@H]1CCCCO1. The molecule has 1 aromatic heterocycles. The molecule has 0 unspecified atom stereocenters. The zero-order valence-corrected chi connectivity index (χ0v) is 27.1. The van der Waals surface area contributed by atoms with Crippen molar-refractivity contribution in [3.05, 3.63) is 58.8 Å². The summed E-state index contributed by atoms with van der Waals surface area (Å²) in [6, 6.07) is 6.89. The molecule has 0 spiro atoms. The molecule has 1 amide bonds. The third kappa shape index (κ3) is 7.46. The van der Waals surface area contributed by atoms with Crippen LogP contribution < -0.4 is 4.74 Å². The molecule has 2 fully saturated rings. The molecule has 0 aliphatic carbocycles. The number of benzene rings is 1. The summed E-state index contributed by atoms with van der Waals surface area (Å²) in [5.41, 5.74) is 0.332. The Hall–Kier alpha value is -3.18. The highest BCUT2D eigenvalue weighted by atomic mass is 19.4. The van der Waals surface area contributed by atoms with Crippen LogP contribution in [-0.4, -0.2) is 60.3 Å². The maximum absolute atomic E-state index is 14.5. The molecule has 2 saturated heterocycles. The number of aromatic nitrogens is 1. The van der Waals surface area contributed by atoms with Crippen LogP contribution in [-0.2, 0) is 36.6 Å². The van der Waals surface area contributed by atoms with Gasteiger partial charge in [0.05, 0.1) is 38.0 Å². The number of ether oxygens (including phenoxy) is 4. The summed E-state index contributed by atoms with van der Waals surface area (Å²) in [4.78, 5) is 33.9. The third-order valence-electron chi connectivity index (χ3n) is 8.66. The first-order valence-corrected chi connectivity index (χ1v) is 15.6. The number of carbonyl (C=O) groups excluding carboxylic acids is 2. The van der Waals surface area contributed by atoms with Crippen LogP contribution in [0, 0.1) is 11.3 Å². The largest absolute Gasteiger partial charge is 0.481 e. The van der Waals surface area contributed by atoms with Crippen LogP contribution >= 0.6 is 0 Å². The molecule has 3 heterocycles. The number of nitrogens with zero attached hydrogens (tertiary/aromatic N) is 2. The van der Waals surface area contributed by atoms with Crippen LogP contribution in [0.4, 0.5) is 13.2 Å². The Labute approximate surface area is 263 Å². The molecule has 248 valence electrons. The van der Waals surface area contributed by atoms with Gasteiger partial charge < -0.3 is 23.8 Å². The van der Waals surface area contributed by atoms with Gasteiger partial charge in [-0.3, -0.25) is 4.79 Å². The molecule has 0 N–H and O–H groups in total. The quantitative estimate of drug-likeness (QED) is 0.279. The highest BCUT2D eigenvalue weighted by Crippen LogP contribution is 2.51. The molecule has 4 rings (SSSR count). The van der Waals surface area contributed by atoms with Gasteiger partial charge in [-0.05, 0) is 54.7 Å². The smallest absolute Gasteiger partial charge is 0.417 e. The van der Waals surface area contributed by atoms with E-state index in [1.807, 2.05) is 58.9 Å². The van der Waals surface area contributed by atoms with Crippen molar-refractivity contribution in [3.8, 4) is 5.88 Å². The second-order valence-corrected chi connectivity index (χ2v) is 13.1. The summed E-state index contributed by atoms with van der Waals surface area (Å²) >= 11 is 0. The van der Waals surface area contributed by atoms with Crippen LogP contribution in [0.15, 0.2) is 36.5 Å². The maximum atomic E-state index is 14.5. The summed E-state index contributed by atoms with van der Waals surface area (Å²) in [6.45, 7) is 11.9. The van der Waals surface area contributed by atoms with E-state index in [-0.39, 0.29) is 36.5 Å². The second kappa shape index (κ2) is 14.1. The minimum atomic E-state index is -4.62. The van der Waals surface area contributed by atoms with Gasteiger partial charge in [0, 0.05) is 24.3 Å². The minimum absolute atomic E-state index is 0.00193. The number of methoxy groups -OCH3 is 1. The van der Waals surface area contributed by atoms with Gasteiger partial charge in [-0.25, -0.2) is 9.78 Å². The van der Waals surface area contributed by atoms with E-state index in [1.165, 1.54) is 7.11 Å². The lowest BCUT2D eigenvalue weighted by atomic mass is 9.73. The van der Waals surface area contributed by atoms with E-state index >= 15 is 0 Å². The molecular formula is C34H45F3N2O6. The predicted octanol–water partition coefficient (Wildman–Crippen LogP) is 6.86. The lowest BCUT2D eigenvalue weighted by Crippen LogP contribution is -2.51. The fourth-order valence-electron chi connectivity index (χ4n) is 6.66. The first-order valence-electron chi connectivity index (χ1n) is 15.6. The molecule has 5 atom stereocenters. The number of carbonyl (C=O) groups is 2. The first kappa shape index (κ1) is 34.7. The Morgan fingerprint density at radius 3 is 2.42 bits per heavy atom. The van der Waals surface area contributed by atoms with Gasteiger partial charge in [-0.1, -0.05) is 58.9 Å². The molecule has 2 aromatic rings. The van der Waals surface area contributed by atoms with Gasteiger partial charge in [-0.15, -0.1) is 0 Å². The van der Waals surface area contributed by atoms with E-state index in [2.05, 4.69) is 4.98 Å². The molecule has 11 heteroatoms. The molecular weight excluding hydrogens is 589 g/mol. The van der Waals surface area contributed by atoms with E-state index in [9.17, 15) is 22.8 Å². The molecule has 1 aromatic carbocycles. The lowest BCUT2D eigenvalue weighted by molar-refractivity contribution is -0.162. The van der Waals surface area contributed by atoms with Crippen molar-refractivity contribution >= 4 is 11.9 Å². The van der Waals surface area contributed by atoms with E-state index in [0.29, 0.717) is 13.0 Å². The summed E-state index contributed by atoms with van der Waals surface area (Å²) < 4.78 is 64.5. The Balaban J connectivity index is 1.92. The fourth-order valence-corrected chi connectivity index (χ4v) is 6.66. The van der Waals surface area contributed by atoms with Gasteiger partial charge in [0.1, 0.15) is 12.1 Å². The standard InChI is InChI=1S/C34H45F3N2O6/c1-8-43-32(41)28-26(33(4,5)6)29(45-19-21-17-22(34(35,36)37)18-38-30(21)42-7)27(24-14-10-9-13-23(24)20(2)3)39(28)31(40)25-15-11-12-16-44-25/h9-10,13-14,17-18,20,25-29H,8,11-12,15-16,19H2,1-7H3/t25-,26+,27-,28-,29-/m0/s1. The van der Waals surface area contributed by atoms with Crippen LogP contribution in [0.2, 0.25) is 0 Å². The number of likely N-dealkylation sites (tertiary alicyclic amines) is 1. The molecule has 8 nitrogen and oxygen atoms in total. The number of amides is 1. The van der Waals surface area contributed by atoms with Gasteiger partial charge in [0.15, 0.2) is 0 Å². The number of pyridine rings is 1. The Kier molecular flexibility index (Phi) is 10.8. The van der Waals surface area contributed by atoms with Crippen molar-refractivity contribution in [2.75, 3.05) is 20.3 Å². The van der Waals surface area contributed by atoms with Crippen molar-refractivity contribution in [2.45, 2.75) is 104 Å². The fraction of sp³-hybridized carbons (Fsp3) is 0.618. The molecule has 0 radical (unpaired) electrons. The summed E-state index contributed by atoms with van der Waals surface area (Å²) in [7, 11) is 1.33. The Morgan fingerprint density at radius 1 is 1.13 bits per heavy atom. The van der Waals surface area contributed by atoms with Crippen molar-refractivity contribution in [3.63, 3.8) is 0 Å². The Morgan fingerprint density at radius 2 is 1.84 bits per heavy atom. The van der Waals surface area contributed by atoms with Crippen molar-refractivity contribution in [2.24, 2.45) is 11.3 Å². The monoisotopic (exact) mass is 634 g/mol. The van der Waals surface area contributed by atoms with Gasteiger partial charge in [0.2, 0.25) is 5.88 Å². The van der Waals surface area contributed by atoms with E-state index in [1.54, 1.807) is 11.8 Å². The number of alkyl halides is 3. The van der Waals surface area contributed by atoms with Crippen LogP contribution in [0.25, 0.3) is 0 Å². The zero-order chi connectivity index (χ0) is 33.1. The number of hydrogen-bond donors (Lipinski definition) is 0. The molecule has 2 aliphatic rings. The normalized spacial score (nSPS) is 24.2. The van der Waals surface area contributed by atoms with Crippen LogP contribution in [0.1, 0.15) is 95.0 Å². The van der Waals surface area contributed by atoms with Gasteiger partial charge in [-0.2, -0.15) is 13.2 Å². The van der Waals surface area contributed by atoms with Gasteiger partial charge in [0.25, 0.3) is 5.91 Å². The van der Waals surface area contributed by atoms with Crippen molar-refractivity contribution in [1.29, 1.82) is 0 Å². The van der Waals surface area contributed by atoms with Crippen molar-refractivity contribution in [1.82, 2.24) is 9.88 Å². The lowest BCUT2D eigenvalue weighted by Gasteiger charge is -2.36. The highest BCUT2D eigenvalue weighted by molar-refractivity contribution is 5.89. The topological polar surface area (TPSA) is 87.2 Å². The highest BCUT2D eigenvalue weighted by Gasteiger charge is 2.60. The summed E-state index contributed by atoms with van der Waals surface area (Å²) in [6.07, 6.45) is -3.28. The molecule has 0 saturated carbocycles. The zero-order valence-electron chi connectivity index (χ0n) is 27.1. The van der Waals surface area contributed by atoms with Crippen molar-refractivity contribution < 1.29 is 41.7 Å². The van der Waals surface area contributed by atoms with Crippen LogP contribution in [0.3, 0.4) is 0 Å². The van der Waals surface area contributed by atoms with Gasteiger partial charge >= 0.3 is 12.1 Å². The van der Waals surface area contributed by atoms with E-state index < -0.39 is 53.3 Å². The van der Waals surface area contributed by atoms with E-state index in [0.717, 1.165) is 36.2 Å². The predicted molar refractivity (Wildman–Crippen MR) is 161 cm³/mol. The Bertz CT molecular complexity index is 1340. The average molecular weight is 635 g/mol.